The second-order valence-corrected chi connectivity index (χ2v) is 11.6. The van der Waals surface area contributed by atoms with Gasteiger partial charge < -0.3 is 25.4 Å². The van der Waals surface area contributed by atoms with Crippen molar-refractivity contribution in [2.24, 2.45) is 16.4 Å². The van der Waals surface area contributed by atoms with Crippen molar-refractivity contribution >= 4 is 41.6 Å². The zero-order valence-corrected chi connectivity index (χ0v) is 22.3. The van der Waals surface area contributed by atoms with Crippen molar-refractivity contribution in [3.8, 4) is 22.1 Å². The highest BCUT2D eigenvalue weighted by Crippen LogP contribution is 2.52. The van der Waals surface area contributed by atoms with E-state index in [1.807, 2.05) is 11.4 Å². The summed E-state index contributed by atoms with van der Waals surface area (Å²) < 4.78 is 30.0. The Morgan fingerprint density at radius 2 is 2.14 bits per heavy atom. The Balaban J connectivity index is 1.84. The highest BCUT2D eigenvalue weighted by atomic mass is 32.1. The molecule has 1 aliphatic rings. The molecule has 11 nitrogen and oxygen atoms in total. The Bertz CT molecular complexity index is 1450. The largest absolute Gasteiger partial charge is 0.505 e. The highest BCUT2D eigenvalue weighted by Gasteiger charge is 2.36. The molecule has 2 aromatic heterocycles. The van der Waals surface area contributed by atoms with Gasteiger partial charge in [-0.15, -0.1) is 11.3 Å². The molecule has 13 heteroatoms. The van der Waals surface area contributed by atoms with Gasteiger partial charge in [0.25, 0.3) is 11.5 Å². The topological polar surface area (TPSA) is 158 Å². The maximum Gasteiger partial charge on any atom is 0.348 e. The second-order valence-electron chi connectivity index (χ2n) is 8.59. The van der Waals surface area contributed by atoms with Crippen molar-refractivity contribution in [3.05, 3.63) is 51.6 Å². The smallest absolute Gasteiger partial charge is 0.348 e. The van der Waals surface area contributed by atoms with Crippen LogP contribution < -0.4 is 26.7 Å². The molecule has 2 atom stereocenters. The van der Waals surface area contributed by atoms with E-state index in [9.17, 15) is 19.3 Å². The molecule has 1 amide bonds. The van der Waals surface area contributed by atoms with Gasteiger partial charge in [0, 0.05) is 13.7 Å². The van der Waals surface area contributed by atoms with E-state index in [1.165, 1.54) is 29.2 Å². The van der Waals surface area contributed by atoms with Crippen LogP contribution in [0.2, 0.25) is 0 Å². The maximum absolute atomic E-state index is 13.8. The molecule has 0 aliphatic carbocycles. The number of nitrogens with two attached hydrogens (primary N) is 1. The predicted octanol–water partition coefficient (Wildman–Crippen LogP) is 3.31. The van der Waals surface area contributed by atoms with Crippen LogP contribution in [0.15, 0.2) is 45.3 Å². The summed E-state index contributed by atoms with van der Waals surface area (Å²) in [5, 5.41) is 20.7. The number of carbonyl (C=O) groups is 1. The average Bonchev–Trinajstić information content (AvgIpc) is 3.41. The molecule has 196 valence electrons. The molecule has 0 spiro atoms. The number of amidine groups is 1. The number of rotatable bonds is 10. The Kier molecular flexibility index (Phi) is 7.82. The van der Waals surface area contributed by atoms with Crippen LogP contribution in [0, 0.1) is 5.92 Å². The van der Waals surface area contributed by atoms with Crippen LogP contribution in [0.5, 0.6) is 11.5 Å². The SMILES string of the molecule is CCC(C)CCn1nc(-c2cccs2)c(O)c(C2=NP(=O)(OC)c3cc(OCC(N)=O)ccc3N2)c1=O. The number of nitrogens with zero attached hydrogens (tertiary/aromatic N) is 3. The lowest BCUT2D eigenvalue weighted by atomic mass is 10.1. The van der Waals surface area contributed by atoms with E-state index in [0.29, 0.717) is 29.4 Å². The Labute approximate surface area is 217 Å². The predicted molar refractivity (Wildman–Crippen MR) is 143 cm³/mol. The molecule has 0 fully saturated rings. The molecule has 37 heavy (non-hydrogen) atoms. The van der Waals surface area contributed by atoms with Crippen molar-refractivity contribution < 1.29 is 23.7 Å². The number of aromatic hydroxyl groups is 1. The minimum Gasteiger partial charge on any atom is -0.505 e. The van der Waals surface area contributed by atoms with Crippen LogP contribution in [-0.4, -0.2) is 40.3 Å². The molecule has 0 radical (unpaired) electrons. The normalized spacial score (nSPS) is 17.4. The number of hydrogen-bond donors (Lipinski definition) is 3. The van der Waals surface area contributed by atoms with Crippen molar-refractivity contribution in [3.63, 3.8) is 0 Å². The molecule has 0 saturated heterocycles. The van der Waals surface area contributed by atoms with Gasteiger partial charge in [-0.25, -0.2) is 4.68 Å². The van der Waals surface area contributed by atoms with Gasteiger partial charge in [-0.3, -0.25) is 14.2 Å². The number of primary amides is 1. The molecular weight excluding hydrogens is 517 g/mol. The number of nitrogens with one attached hydrogen (secondary N) is 1. The third-order valence-electron chi connectivity index (χ3n) is 6.04. The van der Waals surface area contributed by atoms with Gasteiger partial charge >= 0.3 is 7.52 Å². The zero-order valence-electron chi connectivity index (χ0n) is 20.6. The van der Waals surface area contributed by atoms with Gasteiger partial charge in [0.1, 0.15) is 17.0 Å². The minimum absolute atomic E-state index is 0.0940. The highest BCUT2D eigenvalue weighted by molar-refractivity contribution is 7.66. The van der Waals surface area contributed by atoms with Crippen LogP contribution in [0.1, 0.15) is 32.3 Å². The monoisotopic (exact) mass is 545 g/mol. The molecule has 4 N–H and O–H groups in total. The summed E-state index contributed by atoms with van der Waals surface area (Å²) in [4.78, 5) is 25.3. The minimum atomic E-state index is -3.89. The zero-order chi connectivity index (χ0) is 26.7. The van der Waals surface area contributed by atoms with E-state index in [0.717, 1.165) is 6.42 Å². The number of fused-ring (bicyclic) bond motifs is 1. The Morgan fingerprint density at radius 3 is 2.78 bits per heavy atom. The van der Waals surface area contributed by atoms with E-state index in [-0.39, 0.29) is 40.5 Å². The molecule has 1 aromatic carbocycles. The summed E-state index contributed by atoms with van der Waals surface area (Å²) in [6.45, 7) is 4.15. The fourth-order valence-electron chi connectivity index (χ4n) is 3.74. The quantitative estimate of drug-likeness (QED) is 0.327. The first-order valence-corrected chi connectivity index (χ1v) is 14.1. The van der Waals surface area contributed by atoms with E-state index in [4.69, 9.17) is 15.0 Å². The molecule has 3 heterocycles. The number of aromatic nitrogens is 2. The van der Waals surface area contributed by atoms with Gasteiger partial charge in [0.2, 0.25) is 0 Å². The number of thiophene rings is 1. The Morgan fingerprint density at radius 1 is 1.35 bits per heavy atom. The third kappa shape index (κ3) is 5.46. The lowest BCUT2D eigenvalue weighted by Crippen LogP contribution is -2.35. The number of aryl methyl sites for hydroxylation is 1. The first-order chi connectivity index (χ1) is 17.7. The number of hydrogen-bond acceptors (Lipinski definition) is 9. The van der Waals surface area contributed by atoms with Crippen LogP contribution in [0.3, 0.4) is 0 Å². The van der Waals surface area contributed by atoms with E-state index < -0.39 is 19.0 Å². The summed E-state index contributed by atoms with van der Waals surface area (Å²) in [6.07, 6.45) is 1.66. The number of amides is 1. The second kappa shape index (κ2) is 10.9. The van der Waals surface area contributed by atoms with Crippen molar-refractivity contribution in [1.29, 1.82) is 0 Å². The van der Waals surface area contributed by atoms with Crippen LogP contribution in [-0.2, 0) is 20.4 Å². The van der Waals surface area contributed by atoms with E-state index >= 15 is 0 Å². The number of anilines is 1. The molecule has 0 saturated carbocycles. The van der Waals surface area contributed by atoms with Gasteiger partial charge in [-0.05, 0) is 42.0 Å². The molecule has 3 aromatic rings. The van der Waals surface area contributed by atoms with Crippen molar-refractivity contribution in [1.82, 2.24) is 9.78 Å². The summed E-state index contributed by atoms with van der Waals surface area (Å²) in [7, 11) is -2.66. The Hall–Kier alpha value is -3.47. The third-order valence-corrected chi connectivity index (χ3v) is 8.85. The van der Waals surface area contributed by atoms with Gasteiger partial charge in [-0.1, -0.05) is 26.3 Å². The molecule has 1 aliphatic heterocycles. The average molecular weight is 546 g/mol. The van der Waals surface area contributed by atoms with Gasteiger partial charge in [0.05, 0.1) is 15.9 Å². The summed E-state index contributed by atoms with van der Waals surface area (Å²) in [5.74, 6) is -0.512. The summed E-state index contributed by atoms with van der Waals surface area (Å²) >= 11 is 1.37. The first-order valence-electron chi connectivity index (χ1n) is 11.6. The molecule has 4 rings (SSSR count). The molecule has 2 unspecified atom stereocenters. The van der Waals surface area contributed by atoms with Crippen LogP contribution in [0.4, 0.5) is 5.69 Å². The fraction of sp³-hybridized carbons (Fsp3) is 0.333. The molecular formula is C24H28N5O6PS. The summed E-state index contributed by atoms with van der Waals surface area (Å²) in [5.41, 5.74) is 4.99. The number of ether oxygens (including phenoxy) is 1. The van der Waals surface area contributed by atoms with Crippen LogP contribution >= 0.6 is 18.9 Å². The van der Waals surface area contributed by atoms with Gasteiger partial charge in [0.15, 0.2) is 18.2 Å². The maximum atomic E-state index is 13.8. The van der Waals surface area contributed by atoms with Crippen molar-refractivity contribution in [2.75, 3.05) is 19.0 Å². The fourth-order valence-corrected chi connectivity index (χ4v) is 5.97. The van der Waals surface area contributed by atoms with E-state index in [1.54, 1.807) is 18.2 Å². The standard InChI is InChI=1S/C24H28N5O6PS/c1-4-14(2)9-10-29-24(32)20(22(31)21(27-29)18-6-5-11-37-18)23-26-16-8-7-15(35-13-19(25)30)12-17(16)36(33,28-23)34-3/h5-8,11-12,14,31H,4,9-10,13H2,1-3H3,(H2,25,30)(H,26,28,33). The van der Waals surface area contributed by atoms with Crippen LogP contribution in [0.25, 0.3) is 10.6 Å². The van der Waals surface area contributed by atoms with Crippen molar-refractivity contribution in [2.45, 2.75) is 33.2 Å². The number of benzene rings is 1. The lowest BCUT2D eigenvalue weighted by Gasteiger charge is -2.25. The number of carbonyl (C=O) groups excluding carboxylic acids is 1. The lowest BCUT2D eigenvalue weighted by molar-refractivity contribution is -0.119. The van der Waals surface area contributed by atoms with Gasteiger partial charge in [-0.2, -0.15) is 9.86 Å². The summed E-state index contributed by atoms with van der Waals surface area (Å²) in [6, 6.07) is 8.15. The molecule has 0 bridgehead atoms. The first kappa shape index (κ1) is 26.6. The van der Waals surface area contributed by atoms with E-state index in [2.05, 4.69) is 29.0 Å².